The van der Waals surface area contributed by atoms with Crippen LogP contribution in [0.15, 0.2) is 36.0 Å². The highest BCUT2D eigenvalue weighted by Gasteiger charge is 1.89. The van der Waals surface area contributed by atoms with Crippen molar-refractivity contribution in [3.63, 3.8) is 0 Å². The van der Waals surface area contributed by atoms with Crippen molar-refractivity contribution in [2.24, 2.45) is 0 Å². The van der Waals surface area contributed by atoms with Crippen LogP contribution in [0.2, 0.25) is 0 Å². The van der Waals surface area contributed by atoms with E-state index in [4.69, 9.17) is 0 Å². The zero-order valence-corrected chi connectivity index (χ0v) is 7.85. The second-order valence-corrected chi connectivity index (χ2v) is 2.88. The summed E-state index contributed by atoms with van der Waals surface area (Å²) in [6.45, 7) is 10.1. The van der Waals surface area contributed by atoms with Crippen molar-refractivity contribution in [2.45, 2.75) is 33.6 Å². The third kappa shape index (κ3) is 5.65. The average Bonchev–Trinajstić information content (AvgIpc) is 2.01. The van der Waals surface area contributed by atoms with Gasteiger partial charge in [0, 0.05) is 0 Å². The van der Waals surface area contributed by atoms with Gasteiger partial charge in [0.25, 0.3) is 0 Å². The maximum absolute atomic E-state index is 3.66. The molecule has 0 saturated heterocycles. The molecule has 0 heterocycles. The first-order valence-corrected chi connectivity index (χ1v) is 4.10. The molecule has 0 aliphatic rings. The van der Waals surface area contributed by atoms with Gasteiger partial charge in [-0.15, -0.1) is 0 Å². The Bertz CT molecular complexity index is 170. The van der Waals surface area contributed by atoms with Crippen molar-refractivity contribution in [2.75, 3.05) is 0 Å². The number of allylic oxidation sites excluding steroid dienone is 5. The number of hydrogen-bond acceptors (Lipinski definition) is 0. The fourth-order valence-electron chi connectivity index (χ4n) is 0.823. The Labute approximate surface area is 70.3 Å². The summed E-state index contributed by atoms with van der Waals surface area (Å²) in [5, 5.41) is 0. The topological polar surface area (TPSA) is 0 Å². The highest BCUT2D eigenvalue weighted by Crippen LogP contribution is 2.10. The quantitative estimate of drug-likeness (QED) is 0.421. The lowest BCUT2D eigenvalue weighted by Gasteiger charge is -1.99. The van der Waals surface area contributed by atoms with E-state index in [2.05, 4.69) is 39.5 Å². The summed E-state index contributed by atoms with van der Waals surface area (Å²) in [5.74, 6) is 0. The van der Waals surface area contributed by atoms with E-state index >= 15 is 0 Å². The summed E-state index contributed by atoms with van der Waals surface area (Å²) >= 11 is 0. The Morgan fingerprint density at radius 2 is 1.73 bits per heavy atom. The minimum absolute atomic E-state index is 1.15. The van der Waals surface area contributed by atoms with E-state index in [1.807, 2.05) is 6.08 Å². The van der Waals surface area contributed by atoms with Gasteiger partial charge >= 0.3 is 0 Å². The van der Waals surface area contributed by atoms with Crippen LogP contribution >= 0.6 is 0 Å². The van der Waals surface area contributed by atoms with Crippen LogP contribution in [0.25, 0.3) is 0 Å². The second-order valence-electron chi connectivity index (χ2n) is 2.88. The molecule has 0 atom stereocenters. The lowest BCUT2D eigenvalue weighted by atomic mass is 10.1. The molecule has 0 saturated carbocycles. The van der Waals surface area contributed by atoms with Crippen LogP contribution in [-0.4, -0.2) is 0 Å². The molecule has 0 aliphatic heterocycles. The minimum atomic E-state index is 1.15. The van der Waals surface area contributed by atoms with Gasteiger partial charge in [-0.2, -0.15) is 0 Å². The highest BCUT2D eigenvalue weighted by atomic mass is 14.0. The molecule has 0 rings (SSSR count). The van der Waals surface area contributed by atoms with Crippen LogP contribution in [0.4, 0.5) is 0 Å². The molecule has 0 bridgehead atoms. The fraction of sp³-hybridized carbons (Fsp3) is 0.455. The molecular formula is C11H18. The summed E-state index contributed by atoms with van der Waals surface area (Å²) in [7, 11) is 0. The largest absolute Gasteiger partial charge is 0.0991 e. The van der Waals surface area contributed by atoms with Crippen LogP contribution in [0.3, 0.4) is 0 Å². The van der Waals surface area contributed by atoms with Gasteiger partial charge in [-0.25, -0.2) is 0 Å². The molecule has 0 heteroatoms. The van der Waals surface area contributed by atoms with Crippen molar-refractivity contribution in [1.82, 2.24) is 0 Å². The first kappa shape index (κ1) is 10.2. The summed E-state index contributed by atoms with van der Waals surface area (Å²) in [6, 6.07) is 0. The Kier molecular flexibility index (Phi) is 5.54. The molecular weight excluding hydrogens is 132 g/mol. The van der Waals surface area contributed by atoms with E-state index < -0.39 is 0 Å². The van der Waals surface area contributed by atoms with Gasteiger partial charge in [-0.1, -0.05) is 36.0 Å². The SMILES string of the molecule is C=C/C=C(\C)CCC(C)=CC. The van der Waals surface area contributed by atoms with Crippen LogP contribution in [0, 0.1) is 0 Å². The van der Waals surface area contributed by atoms with E-state index in [1.54, 1.807) is 0 Å². The summed E-state index contributed by atoms with van der Waals surface area (Å²) in [6.07, 6.45) is 8.42. The van der Waals surface area contributed by atoms with Crippen molar-refractivity contribution in [3.8, 4) is 0 Å². The molecule has 0 aromatic rings. The molecule has 0 amide bonds. The van der Waals surface area contributed by atoms with Gasteiger partial charge in [-0.05, 0) is 33.6 Å². The van der Waals surface area contributed by atoms with Crippen LogP contribution in [0.5, 0.6) is 0 Å². The molecule has 0 spiro atoms. The molecule has 0 fully saturated rings. The average molecular weight is 150 g/mol. The van der Waals surface area contributed by atoms with E-state index in [0.717, 1.165) is 6.42 Å². The van der Waals surface area contributed by atoms with E-state index in [1.165, 1.54) is 17.6 Å². The standard InChI is InChI=1S/C11H18/c1-5-7-11(4)9-8-10(3)6-2/h5-7H,1,8-9H2,2-4H3/b10-6?,11-7+. The van der Waals surface area contributed by atoms with Gasteiger partial charge < -0.3 is 0 Å². The maximum atomic E-state index is 3.66. The molecule has 0 aromatic carbocycles. The number of hydrogen-bond donors (Lipinski definition) is 0. The Morgan fingerprint density at radius 1 is 1.18 bits per heavy atom. The van der Waals surface area contributed by atoms with Gasteiger partial charge in [0.15, 0.2) is 0 Å². The Morgan fingerprint density at radius 3 is 2.18 bits per heavy atom. The zero-order valence-electron chi connectivity index (χ0n) is 7.85. The lowest BCUT2D eigenvalue weighted by Crippen LogP contribution is -1.79. The van der Waals surface area contributed by atoms with E-state index in [0.29, 0.717) is 0 Å². The lowest BCUT2D eigenvalue weighted by molar-refractivity contribution is 0.922. The van der Waals surface area contributed by atoms with Gasteiger partial charge in [0.1, 0.15) is 0 Å². The monoisotopic (exact) mass is 150 g/mol. The molecule has 0 aromatic heterocycles. The fourth-order valence-corrected chi connectivity index (χ4v) is 0.823. The predicted octanol–water partition coefficient (Wildman–Crippen LogP) is 3.87. The van der Waals surface area contributed by atoms with Crippen molar-refractivity contribution in [1.29, 1.82) is 0 Å². The molecule has 0 nitrogen and oxygen atoms in total. The van der Waals surface area contributed by atoms with Crippen LogP contribution in [0.1, 0.15) is 33.6 Å². The van der Waals surface area contributed by atoms with Crippen molar-refractivity contribution >= 4 is 0 Å². The highest BCUT2D eigenvalue weighted by molar-refractivity contribution is 5.10. The minimum Gasteiger partial charge on any atom is -0.0991 e. The third-order valence-electron chi connectivity index (χ3n) is 1.81. The third-order valence-corrected chi connectivity index (χ3v) is 1.81. The van der Waals surface area contributed by atoms with Crippen molar-refractivity contribution in [3.05, 3.63) is 36.0 Å². The summed E-state index contributed by atoms with van der Waals surface area (Å²) in [4.78, 5) is 0. The first-order chi connectivity index (χ1) is 5.20. The van der Waals surface area contributed by atoms with Crippen LogP contribution in [-0.2, 0) is 0 Å². The number of rotatable bonds is 4. The van der Waals surface area contributed by atoms with Crippen molar-refractivity contribution < 1.29 is 0 Å². The summed E-state index contributed by atoms with van der Waals surface area (Å²) < 4.78 is 0. The van der Waals surface area contributed by atoms with E-state index in [-0.39, 0.29) is 0 Å². The zero-order chi connectivity index (χ0) is 8.69. The molecule has 11 heavy (non-hydrogen) atoms. The van der Waals surface area contributed by atoms with Gasteiger partial charge in [0.05, 0.1) is 0 Å². The molecule has 62 valence electrons. The maximum Gasteiger partial charge on any atom is -0.0283 e. The van der Waals surface area contributed by atoms with E-state index in [9.17, 15) is 0 Å². The molecule has 0 aliphatic carbocycles. The predicted molar refractivity (Wildman–Crippen MR) is 52.6 cm³/mol. The van der Waals surface area contributed by atoms with Gasteiger partial charge in [0.2, 0.25) is 0 Å². The summed E-state index contributed by atoms with van der Waals surface area (Å²) in [5.41, 5.74) is 2.86. The Hall–Kier alpha value is -0.780. The molecule has 0 unspecified atom stereocenters. The molecule has 0 radical (unpaired) electrons. The molecule has 0 N–H and O–H groups in total. The smallest absolute Gasteiger partial charge is 0.0283 e. The van der Waals surface area contributed by atoms with Crippen LogP contribution < -0.4 is 0 Å². The first-order valence-electron chi connectivity index (χ1n) is 4.10. The Balaban J connectivity index is 3.70. The normalized spacial score (nSPS) is 13.4. The van der Waals surface area contributed by atoms with Gasteiger partial charge in [-0.3, -0.25) is 0 Å². The second kappa shape index (κ2) is 5.96.